The first kappa shape index (κ1) is 12.6. The number of hydrogen-bond acceptors (Lipinski definition) is 5. The predicted molar refractivity (Wildman–Crippen MR) is 63.7 cm³/mol. The van der Waals surface area contributed by atoms with E-state index in [1.54, 1.807) is 0 Å². The number of aromatic nitrogens is 2. The van der Waals surface area contributed by atoms with Crippen LogP contribution in [-0.2, 0) is 0 Å². The molecule has 0 spiro atoms. The molecule has 2 rings (SSSR count). The van der Waals surface area contributed by atoms with Gasteiger partial charge in [-0.15, -0.1) is 0 Å². The molecule has 98 valence electrons. The molecule has 0 radical (unpaired) electrons. The minimum atomic E-state index is -1.10. The van der Waals surface area contributed by atoms with Gasteiger partial charge in [-0.1, -0.05) is 0 Å². The Hall–Kier alpha value is -2.90. The van der Waals surface area contributed by atoms with Crippen LogP contribution in [0.3, 0.4) is 0 Å². The van der Waals surface area contributed by atoms with E-state index in [9.17, 15) is 14.9 Å². The molecule has 2 aromatic rings. The van der Waals surface area contributed by atoms with Crippen molar-refractivity contribution in [2.24, 2.45) is 0 Å². The number of aromatic carboxylic acids is 1. The van der Waals surface area contributed by atoms with E-state index < -0.39 is 10.9 Å². The van der Waals surface area contributed by atoms with Crippen molar-refractivity contribution in [1.29, 1.82) is 0 Å². The van der Waals surface area contributed by atoms with E-state index in [1.165, 1.54) is 42.4 Å². The second-order valence-corrected chi connectivity index (χ2v) is 3.59. The van der Waals surface area contributed by atoms with Crippen LogP contribution < -0.4 is 4.74 Å². The summed E-state index contributed by atoms with van der Waals surface area (Å²) in [6, 6.07) is 4.15. The lowest BCUT2D eigenvalue weighted by Gasteiger charge is -2.05. The van der Waals surface area contributed by atoms with Crippen molar-refractivity contribution in [2.75, 3.05) is 7.11 Å². The maximum Gasteiger partial charge on any atom is 0.338 e. The summed E-state index contributed by atoms with van der Waals surface area (Å²) < 4.78 is 6.23. The third-order valence-corrected chi connectivity index (χ3v) is 2.45. The van der Waals surface area contributed by atoms with Crippen LogP contribution in [0.4, 0.5) is 5.69 Å². The van der Waals surface area contributed by atoms with Gasteiger partial charge in [0.1, 0.15) is 0 Å². The third kappa shape index (κ3) is 2.37. The van der Waals surface area contributed by atoms with Gasteiger partial charge in [-0.05, 0) is 6.07 Å². The molecule has 0 fully saturated rings. The molecule has 19 heavy (non-hydrogen) atoms. The van der Waals surface area contributed by atoms with Crippen molar-refractivity contribution in [3.8, 4) is 11.4 Å². The van der Waals surface area contributed by atoms with E-state index in [2.05, 4.69) is 5.10 Å². The molecule has 0 unspecified atom stereocenters. The van der Waals surface area contributed by atoms with Crippen LogP contribution in [0.2, 0.25) is 0 Å². The summed E-state index contributed by atoms with van der Waals surface area (Å²) in [5.74, 6) is -1.02. The molecule has 0 amide bonds. The topological polar surface area (TPSA) is 107 Å². The van der Waals surface area contributed by atoms with Crippen molar-refractivity contribution < 1.29 is 19.6 Å². The van der Waals surface area contributed by atoms with Crippen LogP contribution in [0.1, 0.15) is 10.4 Å². The van der Waals surface area contributed by atoms with Crippen LogP contribution in [-0.4, -0.2) is 32.9 Å². The Kier molecular flexibility index (Phi) is 3.15. The van der Waals surface area contributed by atoms with E-state index >= 15 is 0 Å². The van der Waals surface area contributed by atoms with E-state index in [-0.39, 0.29) is 17.0 Å². The fourth-order valence-corrected chi connectivity index (χ4v) is 1.53. The lowest BCUT2D eigenvalue weighted by atomic mass is 10.2. The van der Waals surface area contributed by atoms with E-state index in [0.717, 1.165) is 0 Å². The maximum absolute atomic E-state index is 10.7. The molecule has 0 aliphatic heterocycles. The fraction of sp³-hybridized carbons (Fsp3) is 0.0909. The number of rotatable bonds is 4. The molecule has 0 saturated heterocycles. The van der Waals surface area contributed by atoms with Crippen LogP contribution in [0.25, 0.3) is 5.69 Å². The van der Waals surface area contributed by atoms with Gasteiger partial charge in [-0.25, -0.2) is 9.48 Å². The Bertz CT molecular complexity index is 650. The Balaban J connectivity index is 2.45. The van der Waals surface area contributed by atoms with Gasteiger partial charge in [0.05, 0.1) is 29.5 Å². The molecule has 1 aromatic heterocycles. The first-order chi connectivity index (χ1) is 9.02. The zero-order chi connectivity index (χ0) is 14.0. The Labute approximate surface area is 107 Å². The number of methoxy groups -OCH3 is 1. The number of nitro benzene ring substituents is 1. The highest BCUT2D eigenvalue weighted by atomic mass is 16.6. The largest absolute Gasteiger partial charge is 0.490 e. The third-order valence-electron chi connectivity index (χ3n) is 2.45. The highest BCUT2D eigenvalue weighted by molar-refractivity contribution is 5.87. The standard InChI is InChI=1S/C11H9N3O5/c1-19-10-4-8(2-3-9(10)14(17)18)13-6-7(5-12-13)11(15)16/h2-6H,1H3,(H,15,16). The van der Waals surface area contributed by atoms with Gasteiger partial charge in [-0.3, -0.25) is 10.1 Å². The van der Waals surface area contributed by atoms with Crippen LogP contribution >= 0.6 is 0 Å². The summed E-state index contributed by atoms with van der Waals surface area (Å²) in [7, 11) is 1.32. The molecular formula is C11H9N3O5. The monoisotopic (exact) mass is 263 g/mol. The molecule has 0 atom stereocenters. The SMILES string of the molecule is COc1cc(-n2cc(C(=O)O)cn2)ccc1[N+](=O)[O-]. The second kappa shape index (κ2) is 4.77. The number of carbonyl (C=O) groups is 1. The molecule has 0 aliphatic carbocycles. The Morgan fingerprint density at radius 2 is 2.26 bits per heavy atom. The smallest absolute Gasteiger partial charge is 0.338 e. The number of carboxylic acids is 1. The first-order valence-corrected chi connectivity index (χ1v) is 5.13. The Morgan fingerprint density at radius 1 is 1.53 bits per heavy atom. The van der Waals surface area contributed by atoms with E-state index in [0.29, 0.717) is 5.69 Å². The van der Waals surface area contributed by atoms with Crippen LogP contribution in [0.15, 0.2) is 30.6 Å². The van der Waals surface area contributed by atoms with Crippen LogP contribution in [0, 0.1) is 10.1 Å². The van der Waals surface area contributed by atoms with Gasteiger partial charge in [0.2, 0.25) is 0 Å². The minimum absolute atomic E-state index is 0.0253. The minimum Gasteiger partial charge on any atom is -0.490 e. The molecule has 1 aromatic carbocycles. The van der Waals surface area contributed by atoms with Crippen molar-refractivity contribution in [2.45, 2.75) is 0 Å². The normalized spacial score (nSPS) is 10.2. The Morgan fingerprint density at radius 3 is 2.79 bits per heavy atom. The molecule has 1 N–H and O–H groups in total. The van der Waals surface area contributed by atoms with Gasteiger partial charge >= 0.3 is 11.7 Å². The first-order valence-electron chi connectivity index (χ1n) is 5.13. The van der Waals surface area contributed by atoms with Gasteiger partial charge in [0.25, 0.3) is 0 Å². The molecule has 1 heterocycles. The summed E-state index contributed by atoms with van der Waals surface area (Å²) in [6.45, 7) is 0. The average molecular weight is 263 g/mol. The quantitative estimate of drug-likeness (QED) is 0.661. The molecule has 0 saturated carbocycles. The highest BCUT2D eigenvalue weighted by Gasteiger charge is 2.16. The number of carboxylic acid groups (broad SMARTS) is 1. The number of benzene rings is 1. The van der Waals surface area contributed by atoms with Crippen molar-refractivity contribution in [3.05, 3.63) is 46.3 Å². The second-order valence-electron chi connectivity index (χ2n) is 3.59. The molecular weight excluding hydrogens is 254 g/mol. The fourth-order valence-electron chi connectivity index (χ4n) is 1.53. The average Bonchev–Trinajstić information content (AvgIpc) is 2.87. The zero-order valence-corrected chi connectivity index (χ0v) is 9.81. The molecule has 0 bridgehead atoms. The lowest BCUT2D eigenvalue weighted by molar-refractivity contribution is -0.385. The van der Waals surface area contributed by atoms with Crippen LogP contribution in [0.5, 0.6) is 5.75 Å². The molecule has 8 heteroatoms. The number of ether oxygens (including phenoxy) is 1. The predicted octanol–water partition coefficient (Wildman–Crippen LogP) is 1.49. The number of hydrogen-bond donors (Lipinski definition) is 1. The van der Waals surface area contributed by atoms with E-state index in [1.807, 2.05) is 0 Å². The van der Waals surface area contributed by atoms with E-state index in [4.69, 9.17) is 9.84 Å². The molecule has 8 nitrogen and oxygen atoms in total. The van der Waals surface area contributed by atoms with Gasteiger partial charge in [-0.2, -0.15) is 5.10 Å². The van der Waals surface area contributed by atoms with Gasteiger partial charge in [0, 0.05) is 18.3 Å². The van der Waals surface area contributed by atoms with Crippen molar-refractivity contribution in [1.82, 2.24) is 9.78 Å². The van der Waals surface area contributed by atoms with Crippen molar-refractivity contribution >= 4 is 11.7 Å². The summed E-state index contributed by atoms with van der Waals surface area (Å²) in [5.41, 5.74) is 0.323. The number of nitrogens with zero attached hydrogens (tertiary/aromatic N) is 3. The summed E-state index contributed by atoms with van der Waals surface area (Å²) in [5, 5.41) is 23.4. The highest BCUT2D eigenvalue weighted by Crippen LogP contribution is 2.28. The number of nitro groups is 1. The lowest BCUT2D eigenvalue weighted by Crippen LogP contribution is -1.99. The van der Waals surface area contributed by atoms with Crippen molar-refractivity contribution in [3.63, 3.8) is 0 Å². The van der Waals surface area contributed by atoms with Gasteiger partial charge in [0.15, 0.2) is 5.75 Å². The summed E-state index contributed by atoms with van der Waals surface area (Å²) in [6.07, 6.45) is 2.50. The zero-order valence-electron chi connectivity index (χ0n) is 9.81. The summed E-state index contributed by atoms with van der Waals surface area (Å²) >= 11 is 0. The molecule has 0 aliphatic rings. The summed E-state index contributed by atoms with van der Waals surface area (Å²) in [4.78, 5) is 20.9. The maximum atomic E-state index is 10.7. The van der Waals surface area contributed by atoms with Gasteiger partial charge < -0.3 is 9.84 Å².